The Labute approximate surface area is 132 Å². The molecule has 0 amide bonds. The van der Waals surface area contributed by atoms with Crippen molar-refractivity contribution in [3.05, 3.63) is 52.2 Å². The van der Waals surface area contributed by atoms with Gasteiger partial charge in [-0.05, 0) is 17.3 Å². The predicted octanol–water partition coefficient (Wildman–Crippen LogP) is 3.86. The van der Waals surface area contributed by atoms with E-state index in [4.69, 9.17) is 0 Å². The summed E-state index contributed by atoms with van der Waals surface area (Å²) in [5, 5.41) is 15.8. The van der Waals surface area contributed by atoms with Gasteiger partial charge >= 0.3 is 0 Å². The standard InChI is InChI=1S/C15H16N4S2/c1-15(2,3)13-16-17-14-19(13)18-11(21-14)9-20-12(18)10-7-5-4-6-8-10/h4-9,12H,1-3H3. The molecule has 3 heterocycles. The molecular weight excluding hydrogens is 300 g/mol. The van der Waals surface area contributed by atoms with Crippen molar-refractivity contribution >= 4 is 23.5 Å². The number of thioether (sulfide) groups is 2. The SMILES string of the molecule is CC(C)(C)c1nnc2n1N1C(=CSC1c1ccccc1)S2. The molecule has 4 nitrogen and oxygen atoms in total. The van der Waals surface area contributed by atoms with Crippen LogP contribution in [0, 0.1) is 0 Å². The van der Waals surface area contributed by atoms with Crippen molar-refractivity contribution in [1.82, 2.24) is 14.9 Å². The van der Waals surface area contributed by atoms with Crippen LogP contribution in [0.5, 0.6) is 0 Å². The van der Waals surface area contributed by atoms with Gasteiger partial charge in [-0.1, -0.05) is 62.9 Å². The van der Waals surface area contributed by atoms with Gasteiger partial charge in [0.15, 0.2) is 5.82 Å². The van der Waals surface area contributed by atoms with Crippen molar-refractivity contribution in [3.63, 3.8) is 0 Å². The normalized spacial score (nSPS) is 20.4. The van der Waals surface area contributed by atoms with Crippen molar-refractivity contribution in [2.45, 2.75) is 36.7 Å². The summed E-state index contributed by atoms with van der Waals surface area (Å²) in [6.45, 7) is 6.53. The molecule has 0 saturated carbocycles. The summed E-state index contributed by atoms with van der Waals surface area (Å²) in [6, 6.07) is 10.6. The van der Waals surface area contributed by atoms with Gasteiger partial charge in [0.1, 0.15) is 10.4 Å². The van der Waals surface area contributed by atoms with E-state index < -0.39 is 0 Å². The molecule has 0 radical (unpaired) electrons. The van der Waals surface area contributed by atoms with Crippen LogP contribution in [0.25, 0.3) is 0 Å². The van der Waals surface area contributed by atoms with Gasteiger partial charge in [0, 0.05) is 10.8 Å². The second-order valence-corrected chi connectivity index (χ2v) is 8.11. The summed E-state index contributed by atoms with van der Waals surface area (Å²) < 4.78 is 2.19. The number of nitrogens with zero attached hydrogens (tertiary/aromatic N) is 4. The zero-order chi connectivity index (χ0) is 14.6. The Bertz CT molecular complexity index is 715. The maximum Gasteiger partial charge on any atom is 0.216 e. The average molecular weight is 316 g/mol. The summed E-state index contributed by atoms with van der Waals surface area (Å²) in [5.41, 5.74) is 1.27. The third kappa shape index (κ3) is 2.00. The third-order valence-corrected chi connectivity index (χ3v) is 5.71. The molecule has 0 saturated heterocycles. The van der Waals surface area contributed by atoms with E-state index in [2.05, 4.69) is 76.4 Å². The molecule has 1 unspecified atom stereocenters. The van der Waals surface area contributed by atoms with Crippen LogP contribution in [0.2, 0.25) is 0 Å². The number of hydrogen-bond acceptors (Lipinski definition) is 5. The topological polar surface area (TPSA) is 34.0 Å². The first kappa shape index (κ1) is 13.3. The zero-order valence-corrected chi connectivity index (χ0v) is 13.8. The number of rotatable bonds is 1. The quantitative estimate of drug-likeness (QED) is 0.798. The Hall–Kier alpha value is -1.40. The average Bonchev–Trinajstić information content (AvgIpc) is 3.08. The van der Waals surface area contributed by atoms with E-state index in [-0.39, 0.29) is 10.8 Å². The third-order valence-electron chi connectivity index (χ3n) is 3.52. The van der Waals surface area contributed by atoms with E-state index in [0.29, 0.717) is 0 Å². The van der Waals surface area contributed by atoms with Crippen molar-refractivity contribution in [2.75, 3.05) is 5.01 Å². The van der Waals surface area contributed by atoms with Gasteiger partial charge in [-0.15, -0.1) is 10.2 Å². The maximum atomic E-state index is 4.41. The first-order valence-corrected chi connectivity index (χ1v) is 8.65. The minimum Gasteiger partial charge on any atom is -0.252 e. The van der Waals surface area contributed by atoms with Crippen LogP contribution in [0.15, 0.2) is 45.9 Å². The summed E-state index contributed by atoms with van der Waals surface area (Å²) >= 11 is 3.54. The molecule has 1 atom stereocenters. The second-order valence-electron chi connectivity index (χ2n) is 6.17. The van der Waals surface area contributed by atoms with Crippen LogP contribution in [0.1, 0.15) is 37.5 Å². The molecule has 21 heavy (non-hydrogen) atoms. The molecule has 0 aliphatic carbocycles. The Kier molecular flexibility index (Phi) is 2.87. The van der Waals surface area contributed by atoms with Crippen molar-refractivity contribution in [2.24, 2.45) is 0 Å². The van der Waals surface area contributed by atoms with E-state index in [1.807, 2.05) is 11.8 Å². The molecule has 108 valence electrons. The van der Waals surface area contributed by atoms with Crippen LogP contribution in [-0.4, -0.2) is 14.9 Å². The lowest BCUT2D eigenvalue weighted by molar-refractivity contribution is 0.485. The summed E-state index contributed by atoms with van der Waals surface area (Å²) in [7, 11) is 0. The number of aromatic nitrogens is 3. The minimum atomic E-state index is -0.0320. The van der Waals surface area contributed by atoms with Crippen molar-refractivity contribution in [3.8, 4) is 0 Å². The number of benzene rings is 1. The molecule has 0 fully saturated rings. The highest BCUT2D eigenvalue weighted by Gasteiger charge is 2.41. The van der Waals surface area contributed by atoms with Crippen LogP contribution >= 0.6 is 23.5 Å². The first-order valence-electron chi connectivity index (χ1n) is 6.89. The highest BCUT2D eigenvalue weighted by Crippen LogP contribution is 2.51. The lowest BCUT2D eigenvalue weighted by atomic mass is 9.96. The van der Waals surface area contributed by atoms with Gasteiger partial charge in [-0.2, -0.15) is 0 Å². The fraction of sp³-hybridized carbons (Fsp3) is 0.333. The van der Waals surface area contributed by atoms with Gasteiger partial charge in [0.25, 0.3) is 0 Å². The van der Waals surface area contributed by atoms with Crippen LogP contribution in [0.3, 0.4) is 0 Å². The highest BCUT2D eigenvalue weighted by atomic mass is 32.2. The van der Waals surface area contributed by atoms with Crippen LogP contribution in [0.4, 0.5) is 0 Å². The number of fused-ring (bicyclic) bond motifs is 3. The smallest absolute Gasteiger partial charge is 0.216 e. The van der Waals surface area contributed by atoms with E-state index in [1.165, 1.54) is 10.6 Å². The Morgan fingerprint density at radius 1 is 1.10 bits per heavy atom. The van der Waals surface area contributed by atoms with Crippen molar-refractivity contribution < 1.29 is 0 Å². The molecule has 6 heteroatoms. The van der Waals surface area contributed by atoms with E-state index in [0.717, 1.165) is 11.0 Å². The maximum absolute atomic E-state index is 4.41. The summed E-state index contributed by atoms with van der Waals surface area (Å²) in [6.07, 6.45) is 0. The van der Waals surface area contributed by atoms with E-state index in [1.54, 1.807) is 11.8 Å². The monoisotopic (exact) mass is 316 g/mol. The molecule has 2 aromatic rings. The first-order chi connectivity index (χ1) is 10.1. The van der Waals surface area contributed by atoms with E-state index in [9.17, 15) is 0 Å². The Morgan fingerprint density at radius 2 is 1.86 bits per heavy atom. The van der Waals surface area contributed by atoms with Gasteiger partial charge in [-0.25, -0.2) is 4.68 Å². The fourth-order valence-electron chi connectivity index (χ4n) is 2.55. The molecule has 4 rings (SSSR count). The lowest BCUT2D eigenvalue weighted by Gasteiger charge is -2.28. The summed E-state index contributed by atoms with van der Waals surface area (Å²) in [4.78, 5) is 0. The Balaban J connectivity index is 1.81. The molecule has 1 aromatic heterocycles. The van der Waals surface area contributed by atoms with Crippen LogP contribution in [-0.2, 0) is 5.41 Å². The molecule has 0 bridgehead atoms. The molecule has 0 spiro atoms. The molecule has 2 aliphatic rings. The predicted molar refractivity (Wildman–Crippen MR) is 87.7 cm³/mol. The largest absolute Gasteiger partial charge is 0.252 e. The molecule has 1 aromatic carbocycles. The summed E-state index contributed by atoms with van der Waals surface area (Å²) in [5.74, 6) is 1.01. The van der Waals surface area contributed by atoms with Crippen LogP contribution < -0.4 is 5.01 Å². The second kappa shape index (κ2) is 4.55. The molecule has 2 aliphatic heterocycles. The minimum absolute atomic E-state index is 0.0320. The molecule has 0 N–H and O–H groups in total. The van der Waals surface area contributed by atoms with Gasteiger partial charge in [-0.3, -0.25) is 5.01 Å². The van der Waals surface area contributed by atoms with Gasteiger partial charge in [0.05, 0.1) is 0 Å². The van der Waals surface area contributed by atoms with Gasteiger partial charge < -0.3 is 0 Å². The fourth-order valence-corrected chi connectivity index (χ4v) is 4.77. The number of hydrogen-bond donors (Lipinski definition) is 0. The lowest BCUT2D eigenvalue weighted by Crippen LogP contribution is -2.34. The molecular formula is C15H16N4S2. The van der Waals surface area contributed by atoms with Crippen molar-refractivity contribution in [1.29, 1.82) is 0 Å². The van der Waals surface area contributed by atoms with Gasteiger partial charge in [0.2, 0.25) is 5.16 Å². The zero-order valence-electron chi connectivity index (χ0n) is 12.1. The Morgan fingerprint density at radius 3 is 2.57 bits per heavy atom. The van der Waals surface area contributed by atoms with E-state index >= 15 is 0 Å². The highest BCUT2D eigenvalue weighted by molar-refractivity contribution is 8.07.